The molecule has 1 saturated heterocycles. The highest BCUT2D eigenvalue weighted by Gasteiger charge is 2.24. The molecule has 0 N–H and O–H groups in total. The number of thiophene rings is 2. The lowest BCUT2D eigenvalue weighted by molar-refractivity contribution is 0.0629. The van der Waals surface area contributed by atoms with E-state index in [1.807, 2.05) is 11.0 Å². The van der Waals surface area contributed by atoms with E-state index >= 15 is 0 Å². The Morgan fingerprint density at radius 3 is 2.57 bits per heavy atom. The van der Waals surface area contributed by atoms with Crippen molar-refractivity contribution in [3.8, 4) is 0 Å². The Balaban J connectivity index is 1.58. The smallest absolute Gasteiger partial charge is 0.255 e. The summed E-state index contributed by atoms with van der Waals surface area (Å²) in [6, 6.07) is 6.16. The average molecular weight is 450 g/mol. The summed E-state index contributed by atoms with van der Waals surface area (Å²) >= 11 is 10.2. The molecule has 1 aliphatic heterocycles. The molecule has 1 amide bonds. The fraction of sp³-hybridized carbons (Fsp3) is 0.357. The Labute approximate surface area is 148 Å². The van der Waals surface area contributed by atoms with Crippen LogP contribution in [0.5, 0.6) is 0 Å². The van der Waals surface area contributed by atoms with Crippen LogP contribution in [0.15, 0.2) is 31.2 Å². The number of carbonyl (C=O) groups is 1. The zero-order chi connectivity index (χ0) is 14.8. The predicted molar refractivity (Wildman–Crippen MR) is 95.2 cm³/mol. The summed E-state index contributed by atoms with van der Waals surface area (Å²) < 4.78 is 1.88. The number of piperazine rings is 1. The summed E-state index contributed by atoms with van der Waals surface area (Å²) in [5.41, 5.74) is 0.763. The van der Waals surface area contributed by atoms with Gasteiger partial charge in [0.05, 0.1) is 13.1 Å². The number of amides is 1. The molecular formula is C14H14Br2N2OS2. The summed E-state index contributed by atoms with van der Waals surface area (Å²) in [5.74, 6) is 0.125. The highest BCUT2D eigenvalue weighted by molar-refractivity contribution is 9.12. The number of hydrogen-bond acceptors (Lipinski definition) is 4. The number of hydrogen-bond donors (Lipinski definition) is 0. The Bertz CT molecular complexity index is 619. The third kappa shape index (κ3) is 3.76. The Morgan fingerprint density at radius 1 is 1.24 bits per heavy atom. The van der Waals surface area contributed by atoms with Crippen LogP contribution < -0.4 is 0 Å². The van der Waals surface area contributed by atoms with Crippen LogP contribution in [-0.2, 0) is 6.54 Å². The minimum Gasteiger partial charge on any atom is -0.336 e. The first-order chi connectivity index (χ1) is 10.1. The van der Waals surface area contributed by atoms with Gasteiger partial charge < -0.3 is 4.90 Å². The summed E-state index contributed by atoms with van der Waals surface area (Å²) in [6.45, 7) is 4.46. The monoisotopic (exact) mass is 448 g/mol. The molecule has 0 saturated carbocycles. The van der Waals surface area contributed by atoms with Crippen molar-refractivity contribution in [1.29, 1.82) is 0 Å². The molecule has 21 heavy (non-hydrogen) atoms. The van der Waals surface area contributed by atoms with E-state index in [4.69, 9.17) is 0 Å². The fourth-order valence-electron chi connectivity index (χ4n) is 2.39. The van der Waals surface area contributed by atoms with Crippen LogP contribution in [0, 0.1) is 0 Å². The van der Waals surface area contributed by atoms with E-state index in [9.17, 15) is 4.79 Å². The Hall–Kier alpha value is -0.210. The van der Waals surface area contributed by atoms with Crippen molar-refractivity contribution in [1.82, 2.24) is 9.80 Å². The van der Waals surface area contributed by atoms with Gasteiger partial charge in [-0.3, -0.25) is 9.69 Å². The summed E-state index contributed by atoms with van der Waals surface area (Å²) in [4.78, 5) is 18.3. The van der Waals surface area contributed by atoms with Gasteiger partial charge in [-0.05, 0) is 49.4 Å². The van der Waals surface area contributed by atoms with Gasteiger partial charge in [-0.2, -0.15) is 0 Å². The van der Waals surface area contributed by atoms with E-state index in [1.54, 1.807) is 22.7 Å². The molecule has 0 atom stereocenters. The highest BCUT2D eigenvalue weighted by atomic mass is 79.9. The molecule has 0 radical (unpaired) electrons. The maximum Gasteiger partial charge on any atom is 0.255 e. The van der Waals surface area contributed by atoms with Crippen molar-refractivity contribution < 1.29 is 4.79 Å². The molecule has 0 aliphatic carbocycles. The second-order valence-electron chi connectivity index (χ2n) is 4.89. The molecule has 3 nitrogen and oxygen atoms in total. The van der Waals surface area contributed by atoms with Crippen molar-refractivity contribution in [2.24, 2.45) is 0 Å². The summed E-state index contributed by atoms with van der Waals surface area (Å²) in [7, 11) is 0. The van der Waals surface area contributed by atoms with Crippen molar-refractivity contribution in [3.63, 3.8) is 0 Å². The van der Waals surface area contributed by atoms with Crippen molar-refractivity contribution in [3.05, 3.63) is 41.6 Å². The first kappa shape index (κ1) is 15.7. The highest BCUT2D eigenvalue weighted by Crippen LogP contribution is 2.32. The van der Waals surface area contributed by atoms with Gasteiger partial charge in [-0.1, -0.05) is 6.07 Å². The fourth-order valence-corrected chi connectivity index (χ4v) is 5.91. The zero-order valence-corrected chi connectivity index (χ0v) is 16.0. The van der Waals surface area contributed by atoms with Crippen LogP contribution in [0.1, 0.15) is 15.2 Å². The van der Waals surface area contributed by atoms with E-state index in [-0.39, 0.29) is 5.91 Å². The number of halogens is 2. The predicted octanol–water partition coefficient (Wildman–Crippen LogP) is 4.29. The second-order valence-corrected chi connectivity index (χ2v) is 9.67. The molecule has 2 aromatic heterocycles. The van der Waals surface area contributed by atoms with Crippen molar-refractivity contribution >= 4 is 60.4 Å². The number of nitrogens with zero attached hydrogens (tertiary/aromatic N) is 2. The van der Waals surface area contributed by atoms with E-state index in [0.717, 1.165) is 45.9 Å². The molecule has 3 heterocycles. The topological polar surface area (TPSA) is 23.6 Å². The summed E-state index contributed by atoms with van der Waals surface area (Å²) in [5, 5.41) is 2.11. The van der Waals surface area contributed by atoms with Gasteiger partial charge in [-0.15, -0.1) is 22.7 Å². The first-order valence-electron chi connectivity index (χ1n) is 6.62. The van der Waals surface area contributed by atoms with Crippen LogP contribution in [0.2, 0.25) is 0 Å². The van der Waals surface area contributed by atoms with Crippen LogP contribution in [0.3, 0.4) is 0 Å². The molecule has 2 aromatic rings. The van der Waals surface area contributed by atoms with E-state index in [2.05, 4.69) is 54.3 Å². The molecular weight excluding hydrogens is 436 g/mol. The van der Waals surface area contributed by atoms with Crippen molar-refractivity contribution in [2.75, 3.05) is 26.2 Å². The normalized spacial score (nSPS) is 16.4. The minimum atomic E-state index is 0.125. The third-order valence-corrected chi connectivity index (χ3v) is 6.71. The molecule has 0 bridgehead atoms. The maximum absolute atomic E-state index is 12.5. The summed E-state index contributed by atoms with van der Waals surface area (Å²) in [6.07, 6.45) is 0. The van der Waals surface area contributed by atoms with Gasteiger partial charge in [0.2, 0.25) is 0 Å². The van der Waals surface area contributed by atoms with E-state index < -0.39 is 0 Å². The number of rotatable bonds is 3. The van der Waals surface area contributed by atoms with Gasteiger partial charge in [0, 0.05) is 37.6 Å². The molecule has 3 rings (SSSR count). The standard InChI is InChI=1S/C14H14Br2N2OS2/c15-12-8-11(13(16)21-12)14(19)18-5-3-17(4-6-18)9-10-2-1-7-20-10/h1-2,7-8H,3-6,9H2. The van der Waals surface area contributed by atoms with E-state index in [0.29, 0.717) is 0 Å². The van der Waals surface area contributed by atoms with Crippen LogP contribution >= 0.6 is 54.5 Å². The lowest BCUT2D eigenvalue weighted by atomic mass is 10.2. The average Bonchev–Trinajstić information content (AvgIpc) is 3.08. The third-order valence-electron chi connectivity index (χ3n) is 3.51. The minimum absolute atomic E-state index is 0.125. The molecule has 112 valence electrons. The largest absolute Gasteiger partial charge is 0.336 e. The van der Waals surface area contributed by atoms with Gasteiger partial charge >= 0.3 is 0 Å². The lowest BCUT2D eigenvalue weighted by Crippen LogP contribution is -2.48. The van der Waals surface area contributed by atoms with Crippen LogP contribution in [0.25, 0.3) is 0 Å². The van der Waals surface area contributed by atoms with Crippen LogP contribution in [-0.4, -0.2) is 41.9 Å². The second kappa shape index (κ2) is 6.91. The van der Waals surface area contributed by atoms with Gasteiger partial charge in [0.1, 0.15) is 0 Å². The molecule has 7 heteroatoms. The first-order valence-corrected chi connectivity index (χ1v) is 9.90. The zero-order valence-electron chi connectivity index (χ0n) is 11.2. The Kier molecular flexibility index (Phi) is 5.16. The molecule has 0 unspecified atom stereocenters. The van der Waals surface area contributed by atoms with Gasteiger partial charge in [-0.25, -0.2) is 0 Å². The molecule has 1 fully saturated rings. The molecule has 0 spiro atoms. The van der Waals surface area contributed by atoms with Crippen LogP contribution in [0.4, 0.5) is 0 Å². The van der Waals surface area contributed by atoms with E-state index in [1.165, 1.54) is 4.88 Å². The van der Waals surface area contributed by atoms with Gasteiger partial charge in [0.25, 0.3) is 5.91 Å². The maximum atomic E-state index is 12.5. The molecule has 0 aromatic carbocycles. The Morgan fingerprint density at radius 2 is 2.00 bits per heavy atom. The van der Waals surface area contributed by atoms with Gasteiger partial charge in [0.15, 0.2) is 0 Å². The quantitative estimate of drug-likeness (QED) is 0.697. The molecule has 1 aliphatic rings. The SMILES string of the molecule is O=C(c1cc(Br)sc1Br)N1CCN(Cc2cccs2)CC1. The lowest BCUT2D eigenvalue weighted by Gasteiger charge is -2.34. The van der Waals surface area contributed by atoms with Crippen molar-refractivity contribution in [2.45, 2.75) is 6.54 Å². The number of carbonyl (C=O) groups excluding carboxylic acids is 1.